The van der Waals surface area contributed by atoms with Crippen LogP contribution in [-0.2, 0) is 18.2 Å². The SMILES string of the molecule is CCN(C(=O)Nc1cc(CCCOC)c(C#N)cn1)c1ccc(-c2cnn(C)c2)c(C=O)n1. The summed E-state index contributed by atoms with van der Waals surface area (Å²) in [5.41, 5.74) is 2.84. The highest BCUT2D eigenvalue weighted by Crippen LogP contribution is 2.24. The zero-order valence-corrected chi connectivity index (χ0v) is 18.8. The summed E-state index contributed by atoms with van der Waals surface area (Å²) in [5, 5.41) is 16.2. The molecule has 33 heavy (non-hydrogen) atoms. The topological polar surface area (TPSA) is 126 Å². The van der Waals surface area contributed by atoms with Crippen LogP contribution < -0.4 is 10.2 Å². The second kappa shape index (κ2) is 11.0. The molecule has 2 amide bonds. The third kappa shape index (κ3) is 5.58. The molecule has 10 heteroatoms. The van der Waals surface area contributed by atoms with Crippen molar-refractivity contribution in [3.8, 4) is 17.2 Å². The summed E-state index contributed by atoms with van der Waals surface area (Å²) in [6.45, 7) is 2.69. The highest BCUT2D eigenvalue weighted by Gasteiger charge is 2.19. The van der Waals surface area contributed by atoms with Crippen LogP contribution in [0.4, 0.5) is 16.4 Å². The fourth-order valence-electron chi connectivity index (χ4n) is 3.38. The van der Waals surface area contributed by atoms with Gasteiger partial charge in [0.15, 0.2) is 6.29 Å². The van der Waals surface area contributed by atoms with E-state index in [9.17, 15) is 14.9 Å². The number of hydrogen-bond acceptors (Lipinski definition) is 7. The van der Waals surface area contributed by atoms with Crippen molar-refractivity contribution >= 4 is 24.0 Å². The number of hydrogen-bond donors (Lipinski definition) is 1. The number of rotatable bonds is 9. The number of carbonyl (C=O) groups excluding carboxylic acids is 2. The molecule has 0 atom stereocenters. The Morgan fingerprint density at radius 2 is 2.18 bits per heavy atom. The van der Waals surface area contributed by atoms with Crippen molar-refractivity contribution in [2.75, 3.05) is 30.5 Å². The average molecular weight is 447 g/mol. The Bertz CT molecular complexity index is 1180. The lowest BCUT2D eigenvalue weighted by Gasteiger charge is -2.21. The largest absolute Gasteiger partial charge is 0.385 e. The van der Waals surface area contributed by atoms with Gasteiger partial charge in [-0.15, -0.1) is 0 Å². The first-order valence-corrected chi connectivity index (χ1v) is 10.4. The third-order valence-electron chi connectivity index (χ3n) is 5.02. The van der Waals surface area contributed by atoms with E-state index >= 15 is 0 Å². The Morgan fingerprint density at radius 3 is 2.82 bits per heavy atom. The van der Waals surface area contributed by atoms with E-state index in [2.05, 4.69) is 26.5 Å². The molecule has 3 aromatic rings. The summed E-state index contributed by atoms with van der Waals surface area (Å²) in [7, 11) is 3.41. The average Bonchev–Trinajstić information content (AvgIpc) is 3.25. The van der Waals surface area contributed by atoms with E-state index in [0.29, 0.717) is 48.6 Å². The first-order valence-electron chi connectivity index (χ1n) is 10.4. The number of nitriles is 1. The fourth-order valence-corrected chi connectivity index (χ4v) is 3.38. The van der Waals surface area contributed by atoms with Gasteiger partial charge in [0.05, 0.1) is 11.8 Å². The van der Waals surface area contributed by atoms with Gasteiger partial charge in [0.1, 0.15) is 23.4 Å². The number of ether oxygens (including phenoxy) is 1. The van der Waals surface area contributed by atoms with Crippen molar-refractivity contribution in [3.63, 3.8) is 0 Å². The molecule has 0 saturated heterocycles. The van der Waals surface area contributed by atoms with Crippen molar-refractivity contribution in [1.29, 1.82) is 5.26 Å². The Kier molecular flexibility index (Phi) is 7.83. The minimum absolute atomic E-state index is 0.212. The van der Waals surface area contributed by atoms with Crippen LogP contribution in [0.5, 0.6) is 0 Å². The Labute approximate surface area is 191 Å². The number of aromatic nitrogens is 4. The lowest BCUT2D eigenvalue weighted by molar-refractivity contribution is 0.111. The van der Waals surface area contributed by atoms with E-state index < -0.39 is 6.03 Å². The molecule has 0 aliphatic heterocycles. The minimum Gasteiger partial charge on any atom is -0.385 e. The van der Waals surface area contributed by atoms with E-state index in [0.717, 1.165) is 17.5 Å². The molecule has 0 aromatic carbocycles. The van der Waals surface area contributed by atoms with Gasteiger partial charge in [-0.2, -0.15) is 10.4 Å². The van der Waals surface area contributed by atoms with Gasteiger partial charge in [-0.3, -0.25) is 19.7 Å². The van der Waals surface area contributed by atoms with Crippen molar-refractivity contribution in [1.82, 2.24) is 19.7 Å². The maximum absolute atomic E-state index is 13.0. The molecular weight excluding hydrogens is 422 g/mol. The summed E-state index contributed by atoms with van der Waals surface area (Å²) in [5.74, 6) is 0.658. The number of aldehydes is 1. The number of carbonyl (C=O) groups is 2. The number of amides is 2. The van der Waals surface area contributed by atoms with Gasteiger partial charge >= 0.3 is 6.03 Å². The smallest absolute Gasteiger partial charge is 0.328 e. The quantitative estimate of drug-likeness (QED) is 0.394. The van der Waals surface area contributed by atoms with Crippen LogP contribution in [0.2, 0.25) is 0 Å². The molecule has 0 aliphatic carbocycles. The molecule has 0 aliphatic rings. The molecule has 1 N–H and O–H groups in total. The van der Waals surface area contributed by atoms with Gasteiger partial charge < -0.3 is 4.74 Å². The number of aryl methyl sites for hydroxylation is 2. The molecule has 3 rings (SSSR count). The monoisotopic (exact) mass is 447 g/mol. The van der Waals surface area contributed by atoms with Gasteiger partial charge in [-0.1, -0.05) is 0 Å². The van der Waals surface area contributed by atoms with Crippen LogP contribution >= 0.6 is 0 Å². The van der Waals surface area contributed by atoms with Gasteiger partial charge in [0.2, 0.25) is 0 Å². The summed E-state index contributed by atoms with van der Waals surface area (Å²) in [4.78, 5) is 34.6. The van der Waals surface area contributed by atoms with Gasteiger partial charge in [0, 0.05) is 50.8 Å². The van der Waals surface area contributed by atoms with Crippen molar-refractivity contribution < 1.29 is 14.3 Å². The van der Waals surface area contributed by atoms with Crippen LogP contribution in [0.3, 0.4) is 0 Å². The summed E-state index contributed by atoms with van der Waals surface area (Å²) in [6, 6.07) is 6.79. The van der Waals surface area contributed by atoms with Gasteiger partial charge in [-0.05, 0) is 43.5 Å². The second-order valence-corrected chi connectivity index (χ2v) is 7.23. The number of nitrogens with zero attached hydrogens (tertiary/aromatic N) is 6. The zero-order chi connectivity index (χ0) is 23.8. The molecule has 10 nitrogen and oxygen atoms in total. The molecule has 3 aromatic heterocycles. The second-order valence-electron chi connectivity index (χ2n) is 7.23. The molecular formula is C23H25N7O3. The van der Waals surface area contributed by atoms with E-state index in [1.807, 2.05) is 0 Å². The molecule has 0 saturated carbocycles. The van der Waals surface area contributed by atoms with E-state index in [1.54, 1.807) is 56.4 Å². The van der Waals surface area contributed by atoms with E-state index in [4.69, 9.17) is 4.74 Å². The molecule has 170 valence electrons. The third-order valence-corrected chi connectivity index (χ3v) is 5.02. The Balaban J connectivity index is 1.82. The maximum atomic E-state index is 13.0. The first-order chi connectivity index (χ1) is 16.0. The van der Waals surface area contributed by atoms with Crippen molar-refractivity contribution in [2.45, 2.75) is 19.8 Å². The minimum atomic E-state index is -0.448. The number of nitrogens with one attached hydrogen (secondary N) is 1. The number of pyridine rings is 2. The predicted molar refractivity (Wildman–Crippen MR) is 123 cm³/mol. The van der Waals surface area contributed by atoms with Crippen molar-refractivity contribution in [2.24, 2.45) is 7.05 Å². The molecule has 0 unspecified atom stereocenters. The fraction of sp³-hybridized carbons (Fsp3) is 0.304. The normalized spacial score (nSPS) is 10.5. The first kappa shape index (κ1) is 23.6. The standard InChI is InChI=1S/C23H25N7O3/c1-4-30(22-8-7-19(20(15-31)27-22)18-13-26-29(2)14-18)23(32)28-21-10-16(6-5-9-33-3)17(11-24)12-25-21/h7-8,10,12-15H,4-6,9H2,1-3H3,(H,25,28,32). The molecule has 0 fully saturated rings. The van der Waals surface area contributed by atoms with Crippen LogP contribution in [0.25, 0.3) is 11.1 Å². The van der Waals surface area contributed by atoms with Crippen LogP contribution in [-0.4, -0.2) is 52.3 Å². The number of methoxy groups -OCH3 is 1. The van der Waals surface area contributed by atoms with E-state index in [1.165, 1.54) is 11.1 Å². The predicted octanol–water partition coefficient (Wildman–Crippen LogP) is 3.20. The maximum Gasteiger partial charge on any atom is 0.328 e. The molecule has 0 radical (unpaired) electrons. The van der Waals surface area contributed by atoms with Crippen molar-refractivity contribution in [3.05, 3.63) is 53.6 Å². The summed E-state index contributed by atoms with van der Waals surface area (Å²) < 4.78 is 6.71. The highest BCUT2D eigenvalue weighted by atomic mass is 16.5. The van der Waals surface area contributed by atoms with Crippen LogP contribution in [0, 0.1) is 11.3 Å². The van der Waals surface area contributed by atoms with Gasteiger partial charge in [-0.25, -0.2) is 14.8 Å². The summed E-state index contributed by atoms with van der Waals surface area (Å²) in [6.07, 6.45) is 6.90. The number of urea groups is 1. The van der Waals surface area contributed by atoms with Crippen LogP contribution in [0.15, 0.2) is 36.8 Å². The van der Waals surface area contributed by atoms with E-state index in [-0.39, 0.29) is 5.69 Å². The van der Waals surface area contributed by atoms with Crippen LogP contribution in [0.1, 0.15) is 35.0 Å². The number of anilines is 2. The highest BCUT2D eigenvalue weighted by molar-refractivity contribution is 6.01. The molecule has 0 spiro atoms. The zero-order valence-electron chi connectivity index (χ0n) is 18.8. The molecule has 0 bridgehead atoms. The lowest BCUT2D eigenvalue weighted by atomic mass is 10.1. The Hall–Kier alpha value is -4.10. The Morgan fingerprint density at radius 1 is 1.36 bits per heavy atom. The summed E-state index contributed by atoms with van der Waals surface area (Å²) >= 11 is 0. The van der Waals surface area contributed by atoms with Gasteiger partial charge in [0.25, 0.3) is 0 Å². The lowest BCUT2D eigenvalue weighted by Crippen LogP contribution is -2.35. The molecule has 3 heterocycles.